The lowest BCUT2D eigenvalue weighted by atomic mass is 9.99. The Hall–Kier alpha value is -0.420. The summed E-state index contributed by atoms with van der Waals surface area (Å²) in [4.78, 5) is 6.09. The van der Waals surface area contributed by atoms with Gasteiger partial charge in [-0.3, -0.25) is 0 Å². The molecule has 114 valence electrons. The molecule has 0 aromatic carbocycles. The van der Waals surface area contributed by atoms with Gasteiger partial charge in [0.05, 0.1) is 6.10 Å². The summed E-state index contributed by atoms with van der Waals surface area (Å²) in [6.45, 7) is 7.25. The molecule has 2 rings (SSSR count). The minimum Gasteiger partial charge on any atom is -0.390 e. The lowest BCUT2D eigenvalue weighted by molar-refractivity contribution is 0.0681. The number of likely N-dealkylation sites (N-methyl/N-ethyl adjacent to an activating group) is 1. The molecule has 0 bridgehead atoms. The number of nitrogens with zero attached hydrogens (tertiary/aromatic N) is 2. The second-order valence-corrected chi connectivity index (χ2v) is 7.26. The van der Waals surface area contributed by atoms with E-state index in [2.05, 4.69) is 41.3 Å². The topological polar surface area (TPSA) is 26.7 Å². The van der Waals surface area contributed by atoms with Crippen LogP contribution in [0.25, 0.3) is 0 Å². The summed E-state index contributed by atoms with van der Waals surface area (Å²) < 4.78 is 0. The summed E-state index contributed by atoms with van der Waals surface area (Å²) in [6, 6.07) is 4.29. The van der Waals surface area contributed by atoms with Crippen molar-refractivity contribution in [1.82, 2.24) is 9.80 Å². The summed E-state index contributed by atoms with van der Waals surface area (Å²) >= 11 is 1.82. The highest BCUT2D eigenvalue weighted by atomic mass is 32.1. The van der Waals surface area contributed by atoms with Crippen LogP contribution in [0.15, 0.2) is 17.5 Å². The van der Waals surface area contributed by atoms with Crippen molar-refractivity contribution < 1.29 is 5.11 Å². The van der Waals surface area contributed by atoms with Crippen molar-refractivity contribution >= 4 is 11.3 Å². The number of thiophene rings is 1. The van der Waals surface area contributed by atoms with Crippen molar-refractivity contribution in [1.29, 1.82) is 0 Å². The zero-order chi connectivity index (χ0) is 14.4. The number of aliphatic hydroxyl groups excluding tert-OH is 1. The zero-order valence-corrected chi connectivity index (χ0v) is 13.6. The van der Waals surface area contributed by atoms with E-state index < -0.39 is 0 Å². The van der Waals surface area contributed by atoms with Gasteiger partial charge in [-0.15, -0.1) is 11.3 Å². The second kappa shape index (κ2) is 8.13. The number of hydrogen-bond donors (Lipinski definition) is 1. The molecule has 3 nitrogen and oxygen atoms in total. The van der Waals surface area contributed by atoms with Gasteiger partial charge in [0, 0.05) is 24.5 Å². The summed E-state index contributed by atoms with van der Waals surface area (Å²) in [6.07, 6.45) is 3.42. The van der Waals surface area contributed by atoms with Crippen molar-refractivity contribution in [2.24, 2.45) is 5.92 Å². The zero-order valence-electron chi connectivity index (χ0n) is 12.8. The molecule has 1 atom stereocenters. The molecule has 1 saturated heterocycles. The molecule has 0 amide bonds. The maximum Gasteiger partial charge on any atom is 0.0793 e. The lowest BCUT2D eigenvalue weighted by Gasteiger charge is -2.32. The molecule has 1 N–H and O–H groups in total. The molecule has 1 aromatic rings. The number of aliphatic hydroxyl groups is 1. The van der Waals surface area contributed by atoms with E-state index in [9.17, 15) is 5.11 Å². The molecular formula is C16H28N2OS. The summed E-state index contributed by atoms with van der Waals surface area (Å²) in [7, 11) is 2.11. The largest absolute Gasteiger partial charge is 0.390 e. The Morgan fingerprint density at radius 3 is 2.85 bits per heavy atom. The third-order valence-electron chi connectivity index (χ3n) is 4.19. The average molecular weight is 296 g/mol. The van der Waals surface area contributed by atoms with Crippen molar-refractivity contribution in [2.45, 2.75) is 32.3 Å². The fourth-order valence-corrected chi connectivity index (χ4v) is 3.51. The fourth-order valence-electron chi connectivity index (χ4n) is 2.81. The minimum atomic E-state index is -0.225. The van der Waals surface area contributed by atoms with Crippen LogP contribution in [0, 0.1) is 5.92 Å². The van der Waals surface area contributed by atoms with E-state index in [-0.39, 0.29) is 6.10 Å². The predicted molar refractivity (Wildman–Crippen MR) is 86.4 cm³/mol. The maximum absolute atomic E-state index is 10.2. The van der Waals surface area contributed by atoms with Crippen LogP contribution in [-0.2, 0) is 6.42 Å². The second-order valence-electron chi connectivity index (χ2n) is 6.23. The lowest BCUT2D eigenvalue weighted by Crippen LogP contribution is -2.42. The first-order chi connectivity index (χ1) is 9.63. The molecule has 0 saturated carbocycles. The highest BCUT2D eigenvalue weighted by Crippen LogP contribution is 2.16. The SMILES string of the molecule is CC1CCN(CC(O)CN(C)CCc2cccs2)CC1. The van der Waals surface area contributed by atoms with Gasteiger partial charge in [0.1, 0.15) is 0 Å². The summed E-state index contributed by atoms with van der Waals surface area (Å²) in [5.74, 6) is 0.858. The Bertz CT molecular complexity index is 361. The molecule has 2 heterocycles. The molecule has 1 aliphatic heterocycles. The van der Waals surface area contributed by atoms with Crippen LogP contribution in [0.3, 0.4) is 0 Å². The van der Waals surface area contributed by atoms with Crippen molar-refractivity contribution in [3.05, 3.63) is 22.4 Å². The van der Waals surface area contributed by atoms with Gasteiger partial charge in [-0.1, -0.05) is 13.0 Å². The Morgan fingerprint density at radius 2 is 2.20 bits per heavy atom. The smallest absolute Gasteiger partial charge is 0.0793 e. The van der Waals surface area contributed by atoms with Crippen LogP contribution >= 0.6 is 11.3 Å². The van der Waals surface area contributed by atoms with Gasteiger partial charge in [-0.2, -0.15) is 0 Å². The minimum absolute atomic E-state index is 0.225. The molecule has 4 heteroatoms. The van der Waals surface area contributed by atoms with Gasteiger partial charge in [0.2, 0.25) is 0 Å². The Kier molecular flexibility index (Phi) is 6.49. The first kappa shape index (κ1) is 16.0. The van der Waals surface area contributed by atoms with Crippen LogP contribution in [0.1, 0.15) is 24.6 Å². The third kappa shape index (κ3) is 5.52. The number of likely N-dealkylation sites (tertiary alicyclic amines) is 1. The van der Waals surface area contributed by atoms with Crippen LogP contribution in [0.4, 0.5) is 0 Å². The average Bonchev–Trinajstić information content (AvgIpc) is 2.92. The third-order valence-corrected chi connectivity index (χ3v) is 5.12. The van der Waals surface area contributed by atoms with Gasteiger partial charge in [-0.05, 0) is 56.8 Å². The van der Waals surface area contributed by atoms with E-state index in [1.807, 2.05) is 11.3 Å². The van der Waals surface area contributed by atoms with Gasteiger partial charge in [-0.25, -0.2) is 0 Å². The number of piperidine rings is 1. The molecule has 0 radical (unpaired) electrons. The number of rotatable bonds is 7. The first-order valence-corrected chi connectivity index (χ1v) is 8.63. The Morgan fingerprint density at radius 1 is 1.45 bits per heavy atom. The molecule has 1 fully saturated rings. The van der Waals surface area contributed by atoms with E-state index in [4.69, 9.17) is 0 Å². The van der Waals surface area contributed by atoms with E-state index in [1.165, 1.54) is 17.7 Å². The number of β-amino-alcohol motifs (C(OH)–C–C–N with tert-alkyl or cyclic N) is 1. The van der Waals surface area contributed by atoms with Gasteiger partial charge in [0.15, 0.2) is 0 Å². The maximum atomic E-state index is 10.2. The molecular weight excluding hydrogens is 268 g/mol. The standard InChI is InChI=1S/C16H28N2OS/c1-14-5-9-18(10-6-14)13-15(19)12-17(2)8-7-16-4-3-11-20-16/h3-4,11,14-15,19H,5-10,12-13H2,1-2H3. The van der Waals surface area contributed by atoms with Crippen molar-refractivity contribution in [3.8, 4) is 0 Å². The van der Waals surface area contributed by atoms with E-state index in [1.54, 1.807) is 0 Å². The van der Waals surface area contributed by atoms with Gasteiger partial charge < -0.3 is 14.9 Å². The monoisotopic (exact) mass is 296 g/mol. The highest BCUT2D eigenvalue weighted by molar-refractivity contribution is 7.09. The normalized spacial score (nSPS) is 19.6. The summed E-state index contributed by atoms with van der Waals surface area (Å²) in [5.41, 5.74) is 0. The van der Waals surface area contributed by atoms with Crippen molar-refractivity contribution in [2.75, 3.05) is 39.8 Å². The molecule has 1 aliphatic rings. The molecule has 1 aromatic heterocycles. The van der Waals surface area contributed by atoms with E-state index in [0.29, 0.717) is 0 Å². The van der Waals surface area contributed by atoms with E-state index in [0.717, 1.165) is 45.1 Å². The van der Waals surface area contributed by atoms with Crippen molar-refractivity contribution in [3.63, 3.8) is 0 Å². The first-order valence-electron chi connectivity index (χ1n) is 7.75. The fraction of sp³-hybridized carbons (Fsp3) is 0.750. The molecule has 1 unspecified atom stereocenters. The van der Waals surface area contributed by atoms with E-state index >= 15 is 0 Å². The molecule has 20 heavy (non-hydrogen) atoms. The highest BCUT2D eigenvalue weighted by Gasteiger charge is 2.18. The van der Waals surface area contributed by atoms with Gasteiger partial charge in [0.25, 0.3) is 0 Å². The van der Waals surface area contributed by atoms with Crippen LogP contribution < -0.4 is 0 Å². The molecule has 0 aliphatic carbocycles. The van der Waals surface area contributed by atoms with Crippen LogP contribution in [0.5, 0.6) is 0 Å². The quantitative estimate of drug-likeness (QED) is 0.836. The Labute approximate surface area is 127 Å². The molecule has 0 spiro atoms. The Balaban J connectivity index is 1.62. The van der Waals surface area contributed by atoms with Gasteiger partial charge >= 0.3 is 0 Å². The van der Waals surface area contributed by atoms with Crippen LogP contribution in [0.2, 0.25) is 0 Å². The number of hydrogen-bond acceptors (Lipinski definition) is 4. The summed E-state index contributed by atoms with van der Waals surface area (Å²) in [5, 5.41) is 12.3. The van der Waals surface area contributed by atoms with Crippen LogP contribution in [-0.4, -0.2) is 60.8 Å². The predicted octanol–water partition coefficient (Wildman–Crippen LogP) is 2.32.